The van der Waals surface area contributed by atoms with Gasteiger partial charge in [0.1, 0.15) is 11.2 Å². The van der Waals surface area contributed by atoms with Crippen molar-refractivity contribution >= 4 is 71.3 Å². The summed E-state index contributed by atoms with van der Waals surface area (Å²) in [4.78, 5) is 2.37. The molecule has 1 aromatic heterocycles. The molecule has 0 unspecified atom stereocenters. The van der Waals surface area contributed by atoms with Crippen LogP contribution in [0.2, 0.25) is 0 Å². The van der Waals surface area contributed by atoms with Crippen LogP contribution in [0.25, 0.3) is 76.5 Å². The molecule has 10 aromatic rings. The molecule has 0 saturated carbocycles. The third-order valence-corrected chi connectivity index (χ3v) is 10.0. The third-order valence-electron chi connectivity index (χ3n) is 10.0. The summed E-state index contributed by atoms with van der Waals surface area (Å²) in [6.45, 7) is 0. The normalized spacial score (nSPS) is 11.6. The third kappa shape index (κ3) is 4.57. The summed E-state index contributed by atoms with van der Waals surface area (Å²) >= 11 is 0. The Morgan fingerprint density at radius 2 is 0.980 bits per heavy atom. The van der Waals surface area contributed by atoms with Crippen LogP contribution < -0.4 is 4.90 Å². The van der Waals surface area contributed by atoms with Gasteiger partial charge in [0.05, 0.1) is 5.69 Å². The second-order valence-corrected chi connectivity index (χ2v) is 12.9. The van der Waals surface area contributed by atoms with Gasteiger partial charge in [-0.1, -0.05) is 140 Å². The first-order chi connectivity index (χ1) is 24.8. The van der Waals surface area contributed by atoms with Crippen LogP contribution >= 0.6 is 0 Å². The van der Waals surface area contributed by atoms with Gasteiger partial charge in [-0.25, -0.2) is 0 Å². The number of benzene rings is 9. The Morgan fingerprint density at radius 1 is 0.340 bits per heavy atom. The predicted octanol–water partition coefficient (Wildman–Crippen LogP) is 13.8. The van der Waals surface area contributed by atoms with Crippen molar-refractivity contribution in [3.05, 3.63) is 188 Å². The van der Waals surface area contributed by atoms with Gasteiger partial charge in [-0.05, 0) is 97.5 Å². The number of para-hydroxylation sites is 2. The molecular formula is C48H31NO. The second kappa shape index (κ2) is 11.5. The minimum Gasteiger partial charge on any atom is -0.456 e. The second-order valence-electron chi connectivity index (χ2n) is 12.9. The van der Waals surface area contributed by atoms with Crippen molar-refractivity contribution in [1.29, 1.82) is 0 Å². The molecular weight excluding hydrogens is 607 g/mol. The lowest BCUT2D eigenvalue weighted by Crippen LogP contribution is -2.11. The van der Waals surface area contributed by atoms with E-state index in [1.807, 2.05) is 0 Å². The minimum atomic E-state index is 0.890. The van der Waals surface area contributed by atoms with Gasteiger partial charge in [-0.15, -0.1) is 0 Å². The van der Waals surface area contributed by atoms with Gasteiger partial charge in [-0.3, -0.25) is 0 Å². The molecule has 0 aliphatic carbocycles. The molecule has 0 atom stereocenters. The molecule has 0 radical (unpaired) electrons. The Kier molecular flexibility index (Phi) is 6.53. The van der Waals surface area contributed by atoms with E-state index in [4.69, 9.17) is 4.42 Å². The highest BCUT2D eigenvalue weighted by molar-refractivity contribution is 6.17. The van der Waals surface area contributed by atoms with E-state index in [9.17, 15) is 0 Å². The molecule has 2 heteroatoms. The van der Waals surface area contributed by atoms with E-state index in [1.165, 1.54) is 43.4 Å². The maximum Gasteiger partial charge on any atom is 0.136 e. The van der Waals surface area contributed by atoms with Crippen molar-refractivity contribution in [3.8, 4) is 22.3 Å². The molecule has 0 aliphatic heterocycles. The summed E-state index contributed by atoms with van der Waals surface area (Å²) in [6, 6.07) is 67.5. The number of hydrogen-bond acceptors (Lipinski definition) is 2. The van der Waals surface area contributed by atoms with Crippen molar-refractivity contribution in [2.24, 2.45) is 0 Å². The molecule has 0 spiro atoms. The smallest absolute Gasteiger partial charge is 0.136 e. The van der Waals surface area contributed by atoms with Gasteiger partial charge in [0.2, 0.25) is 0 Å². The quantitative estimate of drug-likeness (QED) is 0.175. The zero-order valence-electron chi connectivity index (χ0n) is 27.3. The number of hydrogen-bond donors (Lipinski definition) is 0. The molecule has 0 saturated heterocycles. The van der Waals surface area contributed by atoms with E-state index >= 15 is 0 Å². The Hall–Kier alpha value is -6.64. The molecule has 1 heterocycles. The standard InChI is InChI=1S/C48H31NO/c1-2-15-36(16-3-1)49(37-27-24-33(25-28-37)39-19-10-20-40-38-17-7-6-12-32(38)26-29-41(39)40)45-22-9-8-18-42(45)43-21-11-23-46-48(43)44-30-34-13-4-5-14-35(34)31-47(44)50-46/h1-31H. The van der Waals surface area contributed by atoms with Crippen molar-refractivity contribution in [2.45, 2.75) is 0 Å². The maximum atomic E-state index is 6.49. The van der Waals surface area contributed by atoms with Crippen molar-refractivity contribution in [3.63, 3.8) is 0 Å². The highest BCUT2D eigenvalue weighted by Crippen LogP contribution is 2.45. The molecule has 0 fully saturated rings. The van der Waals surface area contributed by atoms with Crippen LogP contribution in [-0.2, 0) is 0 Å². The lowest BCUT2D eigenvalue weighted by atomic mass is 9.94. The minimum absolute atomic E-state index is 0.890. The summed E-state index contributed by atoms with van der Waals surface area (Å²) in [5.41, 5.74) is 9.80. The Balaban J connectivity index is 1.14. The van der Waals surface area contributed by atoms with E-state index in [2.05, 4.69) is 193 Å². The average molecular weight is 638 g/mol. The summed E-state index contributed by atoms with van der Waals surface area (Å²) in [7, 11) is 0. The number of nitrogens with zero attached hydrogens (tertiary/aromatic N) is 1. The van der Waals surface area contributed by atoms with Gasteiger partial charge in [0.15, 0.2) is 0 Å². The number of fused-ring (bicyclic) bond motifs is 7. The molecule has 0 N–H and O–H groups in total. The molecule has 10 rings (SSSR count). The van der Waals surface area contributed by atoms with E-state index in [-0.39, 0.29) is 0 Å². The summed E-state index contributed by atoms with van der Waals surface area (Å²) in [6.07, 6.45) is 0. The van der Waals surface area contributed by atoms with E-state index in [0.29, 0.717) is 0 Å². The molecule has 0 bridgehead atoms. The molecule has 0 aliphatic rings. The average Bonchev–Trinajstić information content (AvgIpc) is 3.55. The number of rotatable bonds is 5. The summed E-state index contributed by atoms with van der Waals surface area (Å²) in [5, 5.41) is 9.72. The van der Waals surface area contributed by atoms with Crippen LogP contribution in [0.1, 0.15) is 0 Å². The van der Waals surface area contributed by atoms with Crippen molar-refractivity contribution < 1.29 is 4.42 Å². The largest absolute Gasteiger partial charge is 0.456 e. The highest BCUT2D eigenvalue weighted by Gasteiger charge is 2.20. The van der Waals surface area contributed by atoms with Crippen LogP contribution in [0.15, 0.2) is 192 Å². The first-order valence-electron chi connectivity index (χ1n) is 17.1. The fourth-order valence-corrected chi connectivity index (χ4v) is 7.72. The highest BCUT2D eigenvalue weighted by atomic mass is 16.3. The van der Waals surface area contributed by atoms with E-state index in [1.54, 1.807) is 0 Å². The van der Waals surface area contributed by atoms with Crippen LogP contribution in [-0.4, -0.2) is 0 Å². The first kappa shape index (κ1) is 28.4. The van der Waals surface area contributed by atoms with Gasteiger partial charge >= 0.3 is 0 Å². The summed E-state index contributed by atoms with van der Waals surface area (Å²) < 4.78 is 6.49. The molecule has 2 nitrogen and oxygen atoms in total. The first-order valence-corrected chi connectivity index (χ1v) is 17.1. The van der Waals surface area contributed by atoms with Gasteiger partial charge in [-0.2, -0.15) is 0 Å². The van der Waals surface area contributed by atoms with E-state index in [0.717, 1.165) is 50.1 Å². The monoisotopic (exact) mass is 637 g/mol. The van der Waals surface area contributed by atoms with Crippen LogP contribution in [0.3, 0.4) is 0 Å². The SMILES string of the molecule is c1ccc(N(c2ccc(-c3cccc4c3ccc3ccccc34)cc2)c2ccccc2-c2cccc3oc4cc5ccccc5cc4c23)cc1. The fourth-order valence-electron chi connectivity index (χ4n) is 7.72. The summed E-state index contributed by atoms with van der Waals surface area (Å²) in [5.74, 6) is 0. The van der Waals surface area contributed by atoms with Gasteiger partial charge < -0.3 is 9.32 Å². The zero-order valence-corrected chi connectivity index (χ0v) is 27.3. The van der Waals surface area contributed by atoms with Gasteiger partial charge in [0, 0.05) is 27.7 Å². The maximum absolute atomic E-state index is 6.49. The zero-order chi connectivity index (χ0) is 33.0. The Labute approximate surface area is 290 Å². The Bertz CT molecular complexity index is 2870. The molecule has 50 heavy (non-hydrogen) atoms. The topological polar surface area (TPSA) is 16.4 Å². The van der Waals surface area contributed by atoms with Crippen molar-refractivity contribution in [1.82, 2.24) is 0 Å². The predicted molar refractivity (Wildman–Crippen MR) is 212 cm³/mol. The number of furan rings is 1. The lowest BCUT2D eigenvalue weighted by Gasteiger charge is -2.28. The van der Waals surface area contributed by atoms with E-state index < -0.39 is 0 Å². The van der Waals surface area contributed by atoms with Crippen LogP contribution in [0, 0.1) is 0 Å². The van der Waals surface area contributed by atoms with Crippen LogP contribution in [0.4, 0.5) is 17.1 Å². The van der Waals surface area contributed by atoms with Crippen molar-refractivity contribution in [2.75, 3.05) is 4.90 Å². The molecule has 9 aromatic carbocycles. The molecule has 234 valence electrons. The fraction of sp³-hybridized carbons (Fsp3) is 0. The number of anilines is 3. The lowest BCUT2D eigenvalue weighted by molar-refractivity contribution is 0.669. The Morgan fingerprint density at radius 3 is 1.84 bits per heavy atom. The van der Waals surface area contributed by atoms with Gasteiger partial charge in [0.25, 0.3) is 0 Å². The van der Waals surface area contributed by atoms with Crippen LogP contribution in [0.5, 0.6) is 0 Å². The molecule has 0 amide bonds.